The predicted molar refractivity (Wildman–Crippen MR) is 52.8 cm³/mol. The second-order valence-electron chi connectivity index (χ2n) is 1.47. The van der Waals surface area contributed by atoms with Crippen molar-refractivity contribution in [3.63, 3.8) is 0 Å². The lowest BCUT2D eigenvalue weighted by Crippen LogP contribution is -1.54. The Hall–Kier alpha value is 1.27. The Morgan fingerprint density at radius 1 is 1.22 bits per heavy atom. The standard InChI is InChI=1S/C5HBr4/c6-2-1-3(7)5(9)4(2)8/h1H/q-1. The molecule has 0 atom stereocenters. The Labute approximate surface area is 86.9 Å². The zero-order valence-electron chi connectivity index (χ0n) is 4.09. The number of halogens is 4. The van der Waals surface area contributed by atoms with Gasteiger partial charge in [0.15, 0.2) is 0 Å². The van der Waals surface area contributed by atoms with E-state index in [1.54, 1.807) is 0 Å². The maximum absolute atomic E-state index is 3.38. The van der Waals surface area contributed by atoms with Gasteiger partial charge in [0, 0.05) is 0 Å². The van der Waals surface area contributed by atoms with Gasteiger partial charge in [0.25, 0.3) is 0 Å². The van der Waals surface area contributed by atoms with Gasteiger partial charge in [-0.1, -0.05) is 45.3 Å². The Morgan fingerprint density at radius 2 is 1.78 bits per heavy atom. The van der Waals surface area contributed by atoms with Gasteiger partial charge >= 0.3 is 0 Å². The van der Waals surface area contributed by atoms with Crippen LogP contribution in [0.2, 0.25) is 0 Å². The molecule has 1 rings (SSSR count). The average Bonchev–Trinajstić information content (AvgIpc) is 1.98. The predicted octanol–water partition coefficient (Wildman–Crippen LogP) is 4.46. The monoisotopic (exact) mass is 377 g/mol. The largest absolute Gasteiger partial charge is 0.184 e. The second kappa shape index (κ2) is 3.11. The Balaban J connectivity index is 3.29. The second-order valence-corrected chi connectivity index (χ2v) is 4.76. The summed E-state index contributed by atoms with van der Waals surface area (Å²) in [5.74, 6) is 0. The van der Waals surface area contributed by atoms with Gasteiger partial charge in [-0.2, -0.15) is 6.07 Å². The van der Waals surface area contributed by atoms with Crippen LogP contribution in [0.5, 0.6) is 0 Å². The maximum Gasteiger partial charge on any atom is -0.0647 e. The molecule has 0 saturated heterocycles. The van der Waals surface area contributed by atoms with Crippen molar-refractivity contribution in [2.45, 2.75) is 0 Å². The van der Waals surface area contributed by atoms with E-state index < -0.39 is 0 Å². The first kappa shape index (κ1) is 8.37. The molecule has 1 aromatic carbocycles. The molecule has 0 saturated carbocycles. The van der Waals surface area contributed by atoms with Crippen molar-refractivity contribution in [1.29, 1.82) is 0 Å². The summed E-state index contributed by atoms with van der Waals surface area (Å²) in [4.78, 5) is 0. The highest BCUT2D eigenvalue weighted by molar-refractivity contribution is 9.15. The van der Waals surface area contributed by atoms with E-state index in [9.17, 15) is 0 Å². The molecule has 0 bridgehead atoms. The van der Waals surface area contributed by atoms with Crippen LogP contribution in [0.25, 0.3) is 0 Å². The minimum atomic E-state index is 1.05. The van der Waals surface area contributed by atoms with Crippen LogP contribution in [-0.4, -0.2) is 0 Å². The van der Waals surface area contributed by atoms with Gasteiger partial charge in [0.05, 0.1) is 0 Å². The Morgan fingerprint density at radius 3 is 1.89 bits per heavy atom. The van der Waals surface area contributed by atoms with E-state index >= 15 is 0 Å². The van der Waals surface area contributed by atoms with E-state index in [1.807, 2.05) is 6.07 Å². The fourth-order valence-corrected chi connectivity index (χ4v) is 2.80. The normalized spacial score (nSPS) is 10.2. The van der Waals surface area contributed by atoms with Gasteiger partial charge < -0.3 is 0 Å². The average molecular weight is 381 g/mol. The molecular weight excluding hydrogens is 380 g/mol. The fraction of sp³-hybridized carbons (Fsp3) is 0. The van der Waals surface area contributed by atoms with E-state index in [1.165, 1.54) is 0 Å². The highest BCUT2D eigenvalue weighted by atomic mass is 79.9. The van der Waals surface area contributed by atoms with Crippen LogP contribution in [0.15, 0.2) is 24.0 Å². The molecule has 0 heterocycles. The van der Waals surface area contributed by atoms with Crippen molar-refractivity contribution in [2.24, 2.45) is 0 Å². The van der Waals surface area contributed by atoms with Crippen LogP contribution < -0.4 is 0 Å². The Kier molecular flexibility index (Phi) is 2.89. The van der Waals surface area contributed by atoms with E-state index in [2.05, 4.69) is 63.7 Å². The van der Waals surface area contributed by atoms with Gasteiger partial charge in [-0.05, 0) is 0 Å². The molecule has 0 aliphatic heterocycles. The molecule has 0 spiro atoms. The summed E-state index contributed by atoms with van der Waals surface area (Å²) in [6.07, 6.45) is 0. The summed E-state index contributed by atoms with van der Waals surface area (Å²) in [5, 5.41) is 0. The zero-order valence-corrected chi connectivity index (χ0v) is 10.4. The van der Waals surface area contributed by atoms with Crippen LogP contribution in [0.1, 0.15) is 0 Å². The SMILES string of the molecule is Brc1cc(Br)[c-](Br)c1Br. The van der Waals surface area contributed by atoms with E-state index in [0.29, 0.717) is 0 Å². The van der Waals surface area contributed by atoms with Gasteiger partial charge in [0.2, 0.25) is 0 Å². The van der Waals surface area contributed by atoms with Crippen LogP contribution >= 0.6 is 63.7 Å². The van der Waals surface area contributed by atoms with Crippen molar-refractivity contribution in [1.82, 2.24) is 0 Å². The molecule has 0 fully saturated rings. The van der Waals surface area contributed by atoms with Crippen molar-refractivity contribution in [3.05, 3.63) is 24.0 Å². The zero-order chi connectivity index (χ0) is 7.02. The van der Waals surface area contributed by atoms with Crippen molar-refractivity contribution in [3.8, 4) is 0 Å². The lowest BCUT2D eigenvalue weighted by Gasteiger charge is -1.94. The fourth-order valence-electron chi connectivity index (χ4n) is 0.448. The molecule has 1 aromatic rings. The van der Waals surface area contributed by atoms with Crippen LogP contribution in [0.4, 0.5) is 0 Å². The highest BCUT2D eigenvalue weighted by Gasteiger charge is 1.95. The third-order valence-corrected chi connectivity index (χ3v) is 5.36. The lowest BCUT2D eigenvalue weighted by molar-refractivity contribution is 1.72. The number of rotatable bonds is 0. The molecule has 0 unspecified atom stereocenters. The lowest BCUT2D eigenvalue weighted by atomic mass is 10.7. The molecule has 0 nitrogen and oxygen atoms in total. The number of hydrogen-bond donors (Lipinski definition) is 0. The maximum atomic E-state index is 3.38. The summed E-state index contributed by atoms with van der Waals surface area (Å²) >= 11 is 13.5. The summed E-state index contributed by atoms with van der Waals surface area (Å²) in [6.45, 7) is 0. The first-order chi connectivity index (χ1) is 4.13. The van der Waals surface area contributed by atoms with Crippen LogP contribution in [0.3, 0.4) is 0 Å². The highest BCUT2D eigenvalue weighted by Crippen LogP contribution is 2.39. The molecular formula is C5HBr4-. The molecule has 50 valence electrons. The van der Waals surface area contributed by atoms with Crippen molar-refractivity contribution < 1.29 is 0 Å². The quantitative estimate of drug-likeness (QED) is 0.583. The minimum Gasteiger partial charge on any atom is -0.184 e. The smallest absolute Gasteiger partial charge is 0.0647 e. The van der Waals surface area contributed by atoms with Crippen LogP contribution in [-0.2, 0) is 0 Å². The molecule has 0 amide bonds. The summed E-state index contributed by atoms with van der Waals surface area (Å²) < 4.78 is 4.21. The molecule has 4 heteroatoms. The van der Waals surface area contributed by atoms with E-state index in [4.69, 9.17) is 0 Å². The number of hydrogen-bond acceptors (Lipinski definition) is 0. The Bertz CT molecular complexity index is 203. The van der Waals surface area contributed by atoms with Gasteiger partial charge in [-0.15, -0.1) is 36.3 Å². The van der Waals surface area contributed by atoms with E-state index in [0.717, 1.165) is 17.9 Å². The molecule has 0 N–H and O–H groups in total. The van der Waals surface area contributed by atoms with Gasteiger partial charge in [0.1, 0.15) is 0 Å². The van der Waals surface area contributed by atoms with Gasteiger partial charge in [-0.3, -0.25) is 0 Å². The summed E-state index contributed by atoms with van der Waals surface area (Å²) in [6, 6.07) is 1.98. The minimum absolute atomic E-state index is 1.05. The summed E-state index contributed by atoms with van der Waals surface area (Å²) in [5.41, 5.74) is 0. The molecule has 9 heavy (non-hydrogen) atoms. The van der Waals surface area contributed by atoms with Crippen molar-refractivity contribution >= 4 is 63.7 Å². The van der Waals surface area contributed by atoms with Crippen LogP contribution in [0, 0.1) is 0 Å². The first-order valence-corrected chi connectivity index (χ1v) is 5.26. The molecule has 0 aliphatic carbocycles. The van der Waals surface area contributed by atoms with Gasteiger partial charge in [-0.25, -0.2) is 0 Å². The molecule has 0 aliphatic rings. The third-order valence-electron chi connectivity index (χ3n) is 0.866. The van der Waals surface area contributed by atoms with Crippen molar-refractivity contribution in [2.75, 3.05) is 0 Å². The molecule has 0 aromatic heterocycles. The van der Waals surface area contributed by atoms with E-state index in [-0.39, 0.29) is 0 Å². The first-order valence-electron chi connectivity index (χ1n) is 2.08. The third kappa shape index (κ3) is 1.64. The molecule has 0 radical (unpaired) electrons. The summed E-state index contributed by atoms with van der Waals surface area (Å²) in [7, 11) is 0. The topological polar surface area (TPSA) is 0 Å².